The van der Waals surface area contributed by atoms with E-state index in [9.17, 15) is 28.8 Å². The number of halogens is 1. The first-order valence-electron chi connectivity index (χ1n) is 14.0. The van der Waals surface area contributed by atoms with Gasteiger partial charge in [-0.1, -0.05) is 0 Å². The molecule has 224 valence electrons. The van der Waals surface area contributed by atoms with E-state index < -0.39 is 35.1 Å². The zero-order valence-corrected chi connectivity index (χ0v) is 25.7. The number of Topliss-reactive ketones (excluding diaryl/α,β-unsaturated/α-hetero) is 1. The second-order valence-electron chi connectivity index (χ2n) is 11.4. The number of aryl methyl sites for hydroxylation is 1. The largest absolute Gasteiger partial charge is 0.353 e. The van der Waals surface area contributed by atoms with Crippen LogP contribution in [0.5, 0.6) is 0 Å². The number of carbonyl (C=O) groups is 5. The lowest BCUT2D eigenvalue weighted by Crippen LogP contribution is -2.46. The molecule has 4 aliphatic carbocycles. The molecule has 0 saturated heterocycles. The Morgan fingerprint density at radius 3 is 2.60 bits per heavy atom. The molecule has 4 fully saturated rings. The summed E-state index contributed by atoms with van der Waals surface area (Å²) in [5.41, 5.74) is -0.557. The Labute approximate surface area is 254 Å². The zero-order chi connectivity index (χ0) is 30.1. The Morgan fingerprint density at radius 1 is 1.14 bits per heavy atom. The predicted molar refractivity (Wildman–Crippen MR) is 158 cm³/mol. The first kappa shape index (κ1) is 30.1. The number of aromatic nitrogens is 2. The Balaban J connectivity index is 1.26. The van der Waals surface area contributed by atoms with E-state index >= 15 is 0 Å². The van der Waals surface area contributed by atoms with Crippen molar-refractivity contribution in [3.8, 4) is 0 Å². The number of anilines is 1. The summed E-state index contributed by atoms with van der Waals surface area (Å²) in [6.07, 6.45) is 5.72. The van der Waals surface area contributed by atoms with Gasteiger partial charge in [-0.25, -0.2) is 4.98 Å². The topological polar surface area (TPSA) is 168 Å². The fraction of sp³-hybridized carbons (Fsp3) is 0.536. The van der Waals surface area contributed by atoms with Gasteiger partial charge in [-0.05, 0) is 90.8 Å². The average molecular weight is 662 g/mol. The molecular formula is C28H33BrN6O6S. The van der Waals surface area contributed by atoms with Gasteiger partial charge in [-0.15, -0.1) is 11.3 Å². The zero-order valence-electron chi connectivity index (χ0n) is 23.3. The minimum Gasteiger partial charge on any atom is -0.353 e. The molecule has 42 heavy (non-hydrogen) atoms. The lowest BCUT2D eigenvalue weighted by Gasteiger charge is -2.32. The lowest BCUT2D eigenvalue weighted by molar-refractivity contribution is -0.137. The number of carbonyl (C=O) groups excluding carboxylic acids is 5. The maximum Gasteiger partial charge on any atom is 0.287 e. The van der Waals surface area contributed by atoms with Crippen LogP contribution in [-0.4, -0.2) is 58.1 Å². The van der Waals surface area contributed by atoms with E-state index in [0.717, 1.165) is 12.3 Å². The molecule has 6 atom stereocenters. The van der Waals surface area contributed by atoms with E-state index in [1.54, 1.807) is 13.0 Å². The van der Waals surface area contributed by atoms with Crippen LogP contribution < -0.4 is 26.8 Å². The number of nitrogens with zero attached hydrogens (tertiary/aromatic N) is 2. The summed E-state index contributed by atoms with van der Waals surface area (Å²) in [5, 5.41) is 10.5. The van der Waals surface area contributed by atoms with Crippen molar-refractivity contribution in [1.29, 1.82) is 0 Å². The molecular weight excluding hydrogens is 628 g/mol. The first-order chi connectivity index (χ1) is 20.0. The molecule has 4 bridgehead atoms. The van der Waals surface area contributed by atoms with Crippen LogP contribution in [0.4, 0.5) is 5.69 Å². The van der Waals surface area contributed by atoms with Crippen molar-refractivity contribution in [2.45, 2.75) is 64.1 Å². The SMILES string of the molecule is CNC(=O)C(=O)CC[C@H](NC(=O)c1nc(Br)sc1C)C(=O)Nc1cccn(CC(=O)NC2C3CC4CC(C3)C2C4)c1=O. The molecule has 4 aliphatic rings. The second-order valence-corrected chi connectivity index (χ2v) is 13.8. The van der Waals surface area contributed by atoms with Crippen LogP contribution in [-0.2, 0) is 25.7 Å². The summed E-state index contributed by atoms with van der Waals surface area (Å²) >= 11 is 4.48. The Bertz CT molecular complexity index is 1490. The molecule has 4 amide bonds. The van der Waals surface area contributed by atoms with Crippen molar-refractivity contribution in [3.05, 3.63) is 43.2 Å². The molecule has 0 aliphatic heterocycles. The van der Waals surface area contributed by atoms with Crippen molar-refractivity contribution in [2.24, 2.45) is 23.7 Å². The molecule has 4 saturated carbocycles. The van der Waals surface area contributed by atoms with E-state index in [1.165, 1.54) is 54.5 Å². The minimum absolute atomic E-state index is 0.0849. The van der Waals surface area contributed by atoms with Crippen LogP contribution >= 0.6 is 27.3 Å². The van der Waals surface area contributed by atoms with Crippen LogP contribution in [0.2, 0.25) is 0 Å². The van der Waals surface area contributed by atoms with Crippen LogP contribution in [0.15, 0.2) is 27.0 Å². The molecule has 0 radical (unpaired) electrons. The van der Waals surface area contributed by atoms with Gasteiger partial charge in [0.05, 0.1) is 0 Å². The smallest absolute Gasteiger partial charge is 0.287 e. The van der Waals surface area contributed by atoms with Gasteiger partial charge in [0.2, 0.25) is 17.6 Å². The molecule has 12 nitrogen and oxygen atoms in total. The third kappa shape index (κ3) is 6.33. The van der Waals surface area contributed by atoms with Crippen molar-refractivity contribution in [2.75, 3.05) is 12.4 Å². The highest BCUT2D eigenvalue weighted by Gasteiger charge is 2.54. The fourth-order valence-corrected chi connectivity index (χ4v) is 8.45. The molecule has 0 aromatic carbocycles. The average Bonchev–Trinajstić information content (AvgIpc) is 3.53. The van der Waals surface area contributed by atoms with Gasteiger partial charge in [0.1, 0.15) is 24.0 Å². The highest BCUT2D eigenvalue weighted by molar-refractivity contribution is 9.11. The third-order valence-corrected chi connectivity index (χ3v) is 10.1. The third-order valence-electron chi connectivity index (χ3n) is 8.73. The van der Waals surface area contributed by atoms with E-state index in [2.05, 4.69) is 42.2 Å². The Hall–Kier alpha value is -3.39. The number of hydrogen-bond acceptors (Lipinski definition) is 8. The van der Waals surface area contributed by atoms with E-state index in [-0.39, 0.29) is 42.7 Å². The Morgan fingerprint density at radius 2 is 1.90 bits per heavy atom. The Kier molecular flexibility index (Phi) is 8.92. The quantitative estimate of drug-likeness (QED) is 0.266. The van der Waals surface area contributed by atoms with Gasteiger partial charge in [-0.3, -0.25) is 28.8 Å². The van der Waals surface area contributed by atoms with Crippen LogP contribution in [0.1, 0.15) is 53.9 Å². The molecule has 2 aromatic heterocycles. The van der Waals surface area contributed by atoms with Gasteiger partial charge in [-0.2, -0.15) is 0 Å². The van der Waals surface area contributed by atoms with Gasteiger partial charge in [0.15, 0.2) is 3.92 Å². The van der Waals surface area contributed by atoms with Crippen molar-refractivity contribution < 1.29 is 24.0 Å². The summed E-state index contributed by atoms with van der Waals surface area (Å²) < 4.78 is 1.72. The molecule has 5 unspecified atom stereocenters. The van der Waals surface area contributed by atoms with Crippen molar-refractivity contribution in [3.63, 3.8) is 0 Å². The first-order valence-corrected chi connectivity index (χ1v) is 15.6. The number of thiazole rings is 1. The maximum absolute atomic E-state index is 13.3. The molecule has 0 spiro atoms. The monoisotopic (exact) mass is 660 g/mol. The van der Waals surface area contributed by atoms with Gasteiger partial charge in [0, 0.05) is 30.6 Å². The molecule has 4 N–H and O–H groups in total. The highest BCUT2D eigenvalue weighted by atomic mass is 79.9. The number of nitrogens with one attached hydrogen (secondary N) is 4. The van der Waals surface area contributed by atoms with Gasteiger partial charge >= 0.3 is 0 Å². The van der Waals surface area contributed by atoms with Crippen LogP contribution in [0, 0.1) is 30.6 Å². The van der Waals surface area contributed by atoms with Crippen LogP contribution in [0.25, 0.3) is 0 Å². The molecule has 2 aromatic rings. The highest BCUT2D eigenvalue weighted by Crippen LogP contribution is 2.58. The van der Waals surface area contributed by atoms with E-state index in [0.29, 0.717) is 26.5 Å². The summed E-state index contributed by atoms with van der Waals surface area (Å²) in [6.45, 7) is 1.51. The molecule has 6 rings (SSSR count). The van der Waals surface area contributed by atoms with Crippen molar-refractivity contribution in [1.82, 2.24) is 25.5 Å². The van der Waals surface area contributed by atoms with Crippen molar-refractivity contribution >= 4 is 62.4 Å². The summed E-state index contributed by atoms with van der Waals surface area (Å²) in [5.74, 6) is -0.693. The number of pyridine rings is 1. The minimum atomic E-state index is -1.25. The number of rotatable bonds is 11. The van der Waals surface area contributed by atoms with Gasteiger partial charge < -0.3 is 25.8 Å². The summed E-state index contributed by atoms with van der Waals surface area (Å²) in [6, 6.07) is 1.85. The lowest BCUT2D eigenvalue weighted by atomic mass is 9.79. The van der Waals surface area contributed by atoms with E-state index in [4.69, 9.17) is 0 Å². The number of ketones is 1. The van der Waals surface area contributed by atoms with Crippen LogP contribution in [0.3, 0.4) is 0 Å². The fourth-order valence-electron chi connectivity index (χ4n) is 6.92. The maximum atomic E-state index is 13.3. The van der Waals surface area contributed by atoms with E-state index in [1.807, 2.05) is 0 Å². The standard InChI is InChI=1S/C28H33BrN6O6S/c1-13-22(34-28(29)42-13)26(40)31-18(5-6-20(36)25(39)30-2)24(38)32-19-4-3-7-35(27(19)41)12-21(37)33-23-16-9-14-8-15(11-16)17(23)10-14/h3-4,7,14-18,23H,5-6,8-12H2,1-2H3,(H,30,39)(H,31,40)(H,32,38)(H,33,37)/t14?,15?,16?,17?,18-,23?/m0/s1. The second kappa shape index (κ2) is 12.5. The summed E-state index contributed by atoms with van der Waals surface area (Å²) in [7, 11) is 1.32. The van der Waals surface area contributed by atoms with Gasteiger partial charge in [0.25, 0.3) is 17.4 Å². The summed E-state index contributed by atoms with van der Waals surface area (Å²) in [4.78, 5) is 80.9. The molecule has 14 heteroatoms. The number of likely N-dealkylation sites (N-methyl/N-ethyl adjacent to an activating group) is 1. The number of hydrogen-bond donors (Lipinski definition) is 4. The molecule has 2 heterocycles. The number of amides is 4. The normalized spacial score (nSPS) is 24.2. The predicted octanol–water partition coefficient (Wildman–Crippen LogP) is 1.76.